The number of carbonyl (C=O) groups is 1. The molecule has 1 aliphatic heterocycles. The first kappa shape index (κ1) is 8.47. The van der Waals surface area contributed by atoms with E-state index in [1.807, 2.05) is 12.2 Å². The summed E-state index contributed by atoms with van der Waals surface area (Å²) in [7, 11) is 0. The van der Waals surface area contributed by atoms with E-state index in [9.17, 15) is 4.79 Å². The fourth-order valence-electron chi connectivity index (χ4n) is 1.09. The van der Waals surface area contributed by atoms with Gasteiger partial charge >= 0.3 is 5.97 Å². The van der Waals surface area contributed by atoms with Crippen molar-refractivity contribution in [1.82, 2.24) is 0 Å². The minimum absolute atomic E-state index is 0.109. The maximum absolute atomic E-state index is 10.8. The van der Waals surface area contributed by atoms with Gasteiger partial charge in [-0.05, 0) is 12.2 Å². The molecule has 0 aromatic rings. The van der Waals surface area contributed by atoms with Gasteiger partial charge in [0, 0.05) is 6.42 Å². The molecule has 0 aromatic heterocycles. The Kier molecular flexibility index (Phi) is 1.94. The Bertz CT molecular complexity index is 281. The molecule has 1 fully saturated rings. The lowest BCUT2D eigenvalue weighted by Gasteiger charge is -2.07. The van der Waals surface area contributed by atoms with Crippen molar-refractivity contribution in [2.24, 2.45) is 0 Å². The molecule has 0 N–H and O–H groups in total. The normalized spacial score (nSPS) is 34.1. The fourth-order valence-corrected chi connectivity index (χ4v) is 1.09. The van der Waals surface area contributed by atoms with Crippen molar-refractivity contribution in [2.45, 2.75) is 25.2 Å². The van der Waals surface area contributed by atoms with Crippen LogP contribution >= 0.6 is 0 Å². The molecule has 0 bridgehead atoms. The van der Waals surface area contributed by atoms with Crippen LogP contribution in [0.4, 0.5) is 0 Å². The number of hydrogen-bond acceptors (Lipinski definition) is 4. The molecule has 0 spiro atoms. The second-order valence-corrected chi connectivity index (χ2v) is 2.90. The lowest BCUT2D eigenvalue weighted by molar-refractivity contribution is -0.316. The highest BCUT2D eigenvalue weighted by atomic mass is 17.3. The summed E-state index contributed by atoms with van der Waals surface area (Å²) in [6.07, 6.45) is 7.41. The van der Waals surface area contributed by atoms with Crippen LogP contribution in [-0.2, 0) is 19.3 Å². The second-order valence-electron chi connectivity index (χ2n) is 2.90. The van der Waals surface area contributed by atoms with Crippen LogP contribution < -0.4 is 0 Å². The third-order valence-electron chi connectivity index (χ3n) is 1.93. The standard InChI is InChI=1S/C9H10O4/c1-2-8(10)12-13-9-6-4-3-5-7(9)11-9/h3-7H,2H2,1H3. The van der Waals surface area contributed by atoms with Gasteiger partial charge in [-0.2, -0.15) is 0 Å². The number of rotatable bonds is 3. The molecule has 13 heavy (non-hydrogen) atoms. The molecule has 4 heteroatoms. The summed E-state index contributed by atoms with van der Waals surface area (Å²) in [6, 6.07) is 0. The third-order valence-corrected chi connectivity index (χ3v) is 1.93. The lowest BCUT2D eigenvalue weighted by atomic mass is 10.1. The van der Waals surface area contributed by atoms with Crippen LogP contribution in [0.15, 0.2) is 24.3 Å². The number of carbonyl (C=O) groups excluding carboxylic acids is 1. The minimum atomic E-state index is -0.834. The molecule has 1 aliphatic carbocycles. The summed E-state index contributed by atoms with van der Waals surface area (Å²) in [6.45, 7) is 1.70. The van der Waals surface area contributed by atoms with Crippen molar-refractivity contribution >= 4 is 5.97 Å². The maximum atomic E-state index is 10.8. The Hall–Kier alpha value is -1.13. The number of fused-ring (bicyclic) bond motifs is 1. The van der Waals surface area contributed by atoms with Crippen LogP contribution in [0.25, 0.3) is 0 Å². The molecular formula is C9H10O4. The van der Waals surface area contributed by atoms with Gasteiger partial charge < -0.3 is 4.74 Å². The largest absolute Gasteiger partial charge is 0.342 e. The first-order valence-electron chi connectivity index (χ1n) is 4.19. The van der Waals surface area contributed by atoms with Crippen LogP contribution in [0.1, 0.15) is 13.3 Å². The first-order chi connectivity index (χ1) is 6.27. The molecule has 0 radical (unpaired) electrons. The lowest BCUT2D eigenvalue weighted by Crippen LogP contribution is -2.20. The summed E-state index contributed by atoms with van der Waals surface area (Å²) in [5, 5.41) is 0. The van der Waals surface area contributed by atoms with Crippen molar-refractivity contribution in [2.75, 3.05) is 0 Å². The Morgan fingerprint density at radius 1 is 1.62 bits per heavy atom. The highest BCUT2D eigenvalue weighted by Gasteiger charge is 2.58. The molecule has 1 heterocycles. The van der Waals surface area contributed by atoms with Gasteiger partial charge in [-0.1, -0.05) is 19.1 Å². The number of hydrogen-bond donors (Lipinski definition) is 0. The SMILES string of the molecule is CCC(=O)OOC12C=CC=CC1O2. The molecule has 0 amide bonds. The number of allylic oxidation sites excluding steroid dienone is 2. The Morgan fingerprint density at radius 3 is 3.15 bits per heavy atom. The minimum Gasteiger partial charge on any atom is -0.327 e. The third kappa shape index (κ3) is 1.50. The van der Waals surface area contributed by atoms with Crippen molar-refractivity contribution in [1.29, 1.82) is 0 Å². The van der Waals surface area contributed by atoms with Crippen LogP contribution in [-0.4, -0.2) is 17.9 Å². The van der Waals surface area contributed by atoms with Gasteiger partial charge in [-0.25, -0.2) is 4.79 Å². The molecule has 0 aromatic carbocycles. The monoisotopic (exact) mass is 182 g/mol. The van der Waals surface area contributed by atoms with E-state index in [0.717, 1.165) is 0 Å². The molecule has 4 nitrogen and oxygen atoms in total. The highest BCUT2D eigenvalue weighted by molar-refractivity contribution is 5.68. The van der Waals surface area contributed by atoms with Gasteiger partial charge in [0.15, 0.2) is 0 Å². The summed E-state index contributed by atoms with van der Waals surface area (Å²) in [4.78, 5) is 20.2. The molecule has 2 rings (SSSR count). The summed E-state index contributed by atoms with van der Waals surface area (Å²) in [5.74, 6) is -1.23. The van der Waals surface area contributed by atoms with Gasteiger partial charge in [0.1, 0.15) is 6.10 Å². The van der Waals surface area contributed by atoms with Gasteiger partial charge in [0.05, 0.1) is 0 Å². The molecule has 0 saturated carbocycles. The van der Waals surface area contributed by atoms with E-state index in [1.54, 1.807) is 19.1 Å². The quantitative estimate of drug-likeness (QED) is 0.372. The first-order valence-corrected chi connectivity index (χ1v) is 4.19. The molecule has 2 unspecified atom stereocenters. The average Bonchev–Trinajstić information content (AvgIpc) is 2.89. The highest BCUT2D eigenvalue weighted by Crippen LogP contribution is 2.42. The number of ether oxygens (including phenoxy) is 1. The van der Waals surface area contributed by atoms with Gasteiger partial charge in [-0.15, -0.1) is 4.89 Å². The van der Waals surface area contributed by atoms with E-state index in [2.05, 4.69) is 4.89 Å². The number of epoxide rings is 1. The molecule has 2 aliphatic rings. The van der Waals surface area contributed by atoms with E-state index >= 15 is 0 Å². The van der Waals surface area contributed by atoms with Crippen molar-refractivity contribution in [3.63, 3.8) is 0 Å². The predicted molar refractivity (Wildman–Crippen MR) is 43.4 cm³/mol. The Labute approximate surface area is 75.7 Å². The van der Waals surface area contributed by atoms with Crippen LogP contribution in [0.3, 0.4) is 0 Å². The van der Waals surface area contributed by atoms with Crippen molar-refractivity contribution < 1.29 is 19.3 Å². The molecular weight excluding hydrogens is 172 g/mol. The smallest absolute Gasteiger partial charge is 0.327 e. The fraction of sp³-hybridized carbons (Fsp3) is 0.444. The van der Waals surface area contributed by atoms with Crippen molar-refractivity contribution in [3.8, 4) is 0 Å². The van der Waals surface area contributed by atoms with E-state index in [0.29, 0.717) is 6.42 Å². The van der Waals surface area contributed by atoms with E-state index in [4.69, 9.17) is 9.62 Å². The van der Waals surface area contributed by atoms with Gasteiger partial charge in [0.2, 0.25) is 0 Å². The summed E-state index contributed by atoms with van der Waals surface area (Å²) >= 11 is 0. The van der Waals surface area contributed by atoms with Crippen molar-refractivity contribution in [3.05, 3.63) is 24.3 Å². The Balaban J connectivity index is 1.87. The maximum Gasteiger partial charge on any atom is 0.342 e. The van der Waals surface area contributed by atoms with E-state index in [-0.39, 0.29) is 6.10 Å². The zero-order valence-electron chi connectivity index (χ0n) is 7.23. The van der Waals surface area contributed by atoms with Crippen LogP contribution in [0.5, 0.6) is 0 Å². The zero-order valence-corrected chi connectivity index (χ0v) is 7.23. The summed E-state index contributed by atoms with van der Waals surface area (Å²) in [5.41, 5.74) is 0. The van der Waals surface area contributed by atoms with Gasteiger partial charge in [-0.3, -0.25) is 4.89 Å². The predicted octanol–water partition coefficient (Wildman–Crippen LogP) is 1.09. The molecule has 1 saturated heterocycles. The van der Waals surface area contributed by atoms with Crippen LogP contribution in [0, 0.1) is 0 Å². The molecule has 2 atom stereocenters. The molecule has 70 valence electrons. The Morgan fingerprint density at radius 2 is 2.46 bits per heavy atom. The van der Waals surface area contributed by atoms with Crippen LogP contribution in [0.2, 0.25) is 0 Å². The summed E-state index contributed by atoms with van der Waals surface area (Å²) < 4.78 is 5.19. The van der Waals surface area contributed by atoms with Gasteiger partial charge in [0.25, 0.3) is 5.79 Å². The van der Waals surface area contributed by atoms with E-state index < -0.39 is 11.8 Å². The second kappa shape index (κ2) is 2.97. The zero-order chi connectivity index (χ0) is 9.31. The van der Waals surface area contributed by atoms with E-state index in [1.165, 1.54) is 0 Å². The topological polar surface area (TPSA) is 48.1 Å². The average molecular weight is 182 g/mol.